The normalized spacial score (nSPS) is 12.4. The second-order valence-electron chi connectivity index (χ2n) is 3.79. The Morgan fingerprint density at radius 3 is 2.50 bits per heavy atom. The molecule has 1 rings (SSSR count). The van der Waals surface area contributed by atoms with E-state index in [2.05, 4.69) is 6.92 Å². The van der Waals surface area contributed by atoms with Gasteiger partial charge in [0.15, 0.2) is 0 Å². The smallest absolute Gasteiger partial charge is 0.119 e. The molecule has 0 bridgehead atoms. The van der Waals surface area contributed by atoms with Crippen LogP contribution in [0.15, 0.2) is 30.3 Å². The van der Waals surface area contributed by atoms with Gasteiger partial charge in [-0.15, -0.1) is 0 Å². The third kappa shape index (κ3) is 5.17. The summed E-state index contributed by atoms with van der Waals surface area (Å²) in [7, 11) is 0. The Hall–Kier alpha value is -1.02. The molecule has 16 heavy (non-hydrogen) atoms. The summed E-state index contributed by atoms with van der Waals surface area (Å²) in [6.45, 7) is 5.78. The van der Waals surface area contributed by atoms with E-state index in [0.717, 1.165) is 38.2 Å². The molecule has 1 unspecified atom stereocenters. The minimum atomic E-state index is 0.393. The number of hydrogen-bond acceptors (Lipinski definition) is 2. The Morgan fingerprint density at radius 1 is 1.12 bits per heavy atom. The van der Waals surface area contributed by atoms with E-state index in [1.54, 1.807) is 0 Å². The number of para-hydroxylation sites is 1. The lowest BCUT2D eigenvalue weighted by Gasteiger charge is -2.14. The first kappa shape index (κ1) is 13.0. The third-order valence-electron chi connectivity index (χ3n) is 2.54. The number of rotatable bonds is 8. The van der Waals surface area contributed by atoms with Gasteiger partial charge in [0, 0.05) is 6.61 Å². The van der Waals surface area contributed by atoms with Gasteiger partial charge in [-0.1, -0.05) is 25.1 Å². The molecule has 0 aromatic heterocycles. The predicted molar refractivity (Wildman–Crippen MR) is 66.9 cm³/mol. The lowest BCUT2D eigenvalue weighted by Crippen LogP contribution is -2.13. The van der Waals surface area contributed by atoms with Crippen LogP contribution in [-0.4, -0.2) is 19.3 Å². The molecule has 2 nitrogen and oxygen atoms in total. The Morgan fingerprint density at radius 2 is 1.88 bits per heavy atom. The van der Waals surface area contributed by atoms with Gasteiger partial charge >= 0.3 is 0 Å². The topological polar surface area (TPSA) is 18.5 Å². The fraction of sp³-hybridized carbons (Fsp3) is 0.571. The van der Waals surface area contributed by atoms with E-state index in [0.29, 0.717) is 6.10 Å². The first-order valence-electron chi connectivity index (χ1n) is 6.16. The van der Waals surface area contributed by atoms with Crippen LogP contribution in [0.1, 0.15) is 33.1 Å². The van der Waals surface area contributed by atoms with E-state index in [9.17, 15) is 0 Å². The van der Waals surface area contributed by atoms with Gasteiger partial charge in [-0.25, -0.2) is 0 Å². The molecule has 0 N–H and O–H groups in total. The molecular weight excluding hydrogens is 200 g/mol. The highest BCUT2D eigenvalue weighted by molar-refractivity contribution is 5.20. The highest BCUT2D eigenvalue weighted by Crippen LogP contribution is 2.11. The van der Waals surface area contributed by atoms with Crippen LogP contribution in [0, 0.1) is 0 Å². The molecule has 0 aliphatic carbocycles. The molecule has 0 saturated heterocycles. The number of ether oxygens (including phenoxy) is 2. The van der Waals surface area contributed by atoms with Gasteiger partial charge in [0.1, 0.15) is 5.75 Å². The molecule has 0 aliphatic heterocycles. The van der Waals surface area contributed by atoms with Crippen molar-refractivity contribution >= 4 is 0 Å². The Bertz CT molecular complexity index is 259. The van der Waals surface area contributed by atoms with Gasteiger partial charge < -0.3 is 9.47 Å². The molecule has 0 amide bonds. The summed E-state index contributed by atoms with van der Waals surface area (Å²) in [5, 5.41) is 0. The molecule has 2 heteroatoms. The van der Waals surface area contributed by atoms with Gasteiger partial charge in [0.05, 0.1) is 12.7 Å². The monoisotopic (exact) mass is 222 g/mol. The summed E-state index contributed by atoms with van der Waals surface area (Å²) in [5.41, 5.74) is 0. The van der Waals surface area contributed by atoms with E-state index in [4.69, 9.17) is 9.47 Å². The predicted octanol–water partition coefficient (Wildman–Crippen LogP) is 3.66. The van der Waals surface area contributed by atoms with Crippen LogP contribution in [0.2, 0.25) is 0 Å². The minimum Gasteiger partial charge on any atom is -0.494 e. The van der Waals surface area contributed by atoms with Crippen molar-refractivity contribution in [1.82, 2.24) is 0 Å². The number of benzene rings is 1. The fourth-order valence-corrected chi connectivity index (χ4v) is 1.66. The Balaban J connectivity index is 2.11. The van der Waals surface area contributed by atoms with Gasteiger partial charge in [-0.3, -0.25) is 0 Å². The molecule has 0 radical (unpaired) electrons. The summed E-state index contributed by atoms with van der Waals surface area (Å²) in [4.78, 5) is 0. The SMILES string of the molecule is CCOC(CC)CCCOc1ccccc1. The standard InChI is InChI=1S/C14H22O2/c1-3-13(15-4-2)11-8-12-16-14-9-6-5-7-10-14/h5-7,9-10,13H,3-4,8,11-12H2,1-2H3. The van der Waals surface area contributed by atoms with Crippen LogP contribution in [0.25, 0.3) is 0 Å². The van der Waals surface area contributed by atoms with Gasteiger partial charge in [-0.05, 0) is 38.3 Å². The minimum absolute atomic E-state index is 0.393. The molecule has 1 aromatic rings. The highest BCUT2D eigenvalue weighted by atomic mass is 16.5. The maximum Gasteiger partial charge on any atom is 0.119 e. The lowest BCUT2D eigenvalue weighted by atomic mass is 10.1. The van der Waals surface area contributed by atoms with Crippen molar-refractivity contribution in [1.29, 1.82) is 0 Å². The van der Waals surface area contributed by atoms with Crippen LogP contribution in [0.5, 0.6) is 5.75 Å². The third-order valence-corrected chi connectivity index (χ3v) is 2.54. The molecule has 1 atom stereocenters. The first-order valence-corrected chi connectivity index (χ1v) is 6.16. The maximum absolute atomic E-state index is 5.62. The van der Waals surface area contributed by atoms with Crippen molar-refractivity contribution in [3.63, 3.8) is 0 Å². The van der Waals surface area contributed by atoms with Gasteiger partial charge in [0.25, 0.3) is 0 Å². The van der Waals surface area contributed by atoms with E-state index < -0.39 is 0 Å². The van der Waals surface area contributed by atoms with Crippen LogP contribution >= 0.6 is 0 Å². The molecule has 90 valence electrons. The van der Waals surface area contributed by atoms with E-state index in [-0.39, 0.29) is 0 Å². The molecule has 1 aromatic carbocycles. The average molecular weight is 222 g/mol. The summed E-state index contributed by atoms with van der Waals surface area (Å²) in [5.74, 6) is 0.951. The molecule has 0 heterocycles. The van der Waals surface area contributed by atoms with Crippen LogP contribution in [0.3, 0.4) is 0 Å². The summed E-state index contributed by atoms with van der Waals surface area (Å²) < 4.78 is 11.2. The van der Waals surface area contributed by atoms with Crippen LogP contribution in [0.4, 0.5) is 0 Å². The fourth-order valence-electron chi connectivity index (χ4n) is 1.66. The van der Waals surface area contributed by atoms with Crippen molar-refractivity contribution in [3.8, 4) is 5.75 Å². The second kappa shape index (κ2) is 8.17. The van der Waals surface area contributed by atoms with Crippen molar-refractivity contribution in [2.24, 2.45) is 0 Å². The van der Waals surface area contributed by atoms with Gasteiger partial charge in [0.2, 0.25) is 0 Å². The van der Waals surface area contributed by atoms with Crippen LogP contribution in [-0.2, 0) is 4.74 Å². The largest absolute Gasteiger partial charge is 0.494 e. The first-order chi connectivity index (χ1) is 7.86. The summed E-state index contributed by atoms with van der Waals surface area (Å²) >= 11 is 0. The number of hydrogen-bond donors (Lipinski definition) is 0. The van der Waals surface area contributed by atoms with Crippen molar-refractivity contribution in [3.05, 3.63) is 30.3 Å². The quantitative estimate of drug-likeness (QED) is 0.625. The Kier molecular flexibility index (Phi) is 6.66. The zero-order chi connectivity index (χ0) is 11.6. The average Bonchev–Trinajstić information content (AvgIpc) is 2.34. The molecular formula is C14H22O2. The van der Waals surface area contributed by atoms with E-state index in [1.165, 1.54) is 0 Å². The second-order valence-corrected chi connectivity index (χ2v) is 3.79. The van der Waals surface area contributed by atoms with E-state index >= 15 is 0 Å². The zero-order valence-electron chi connectivity index (χ0n) is 10.3. The van der Waals surface area contributed by atoms with Gasteiger partial charge in [-0.2, -0.15) is 0 Å². The van der Waals surface area contributed by atoms with Crippen LogP contribution < -0.4 is 4.74 Å². The molecule has 0 saturated carbocycles. The molecule has 0 spiro atoms. The lowest BCUT2D eigenvalue weighted by molar-refractivity contribution is 0.0500. The van der Waals surface area contributed by atoms with E-state index in [1.807, 2.05) is 37.3 Å². The van der Waals surface area contributed by atoms with Crippen molar-refractivity contribution < 1.29 is 9.47 Å². The molecule has 0 fully saturated rings. The summed E-state index contributed by atoms with van der Waals surface area (Å²) in [6.07, 6.45) is 3.60. The highest BCUT2D eigenvalue weighted by Gasteiger charge is 2.04. The Labute approximate surface area is 98.6 Å². The zero-order valence-corrected chi connectivity index (χ0v) is 10.3. The van der Waals surface area contributed by atoms with Crippen molar-refractivity contribution in [2.45, 2.75) is 39.2 Å². The van der Waals surface area contributed by atoms with Crippen molar-refractivity contribution in [2.75, 3.05) is 13.2 Å². The summed E-state index contributed by atoms with van der Waals surface area (Å²) in [6, 6.07) is 9.95. The molecule has 0 aliphatic rings. The maximum atomic E-state index is 5.62.